The van der Waals surface area contributed by atoms with Crippen molar-refractivity contribution in [3.8, 4) is 0 Å². The van der Waals surface area contributed by atoms with Gasteiger partial charge in [0.25, 0.3) is 0 Å². The molecular formula is C34H66N8. The van der Waals surface area contributed by atoms with Crippen molar-refractivity contribution in [3.05, 3.63) is 5.82 Å². The molecule has 0 aromatic carbocycles. The standard InChI is InChI=1S/C34H66N8/c1-23-35-26(38-34(16,17)22-28(2,3)4)37-27(36-23)41(24-18-30(8,9)39-31(10,11)19-24)42(29(5,6)7)25-20-32(12,13)40-33(14,15)21-25/h24-25,39-40H,18-22H2,1-17H3,(H,35,36,37,38). The van der Waals surface area contributed by atoms with Gasteiger partial charge in [-0.05, 0) is 134 Å². The fraction of sp³-hybridized carbons (Fsp3) is 0.912. The maximum Gasteiger partial charge on any atom is 0.245 e. The van der Waals surface area contributed by atoms with Crippen molar-refractivity contribution in [2.24, 2.45) is 5.41 Å². The quantitative estimate of drug-likeness (QED) is 0.288. The predicted octanol–water partition coefficient (Wildman–Crippen LogP) is 7.25. The van der Waals surface area contributed by atoms with Crippen LogP contribution in [-0.2, 0) is 0 Å². The van der Waals surface area contributed by atoms with E-state index in [1.165, 1.54) is 0 Å². The van der Waals surface area contributed by atoms with Gasteiger partial charge in [0, 0.05) is 39.3 Å². The first kappa shape index (κ1) is 35.0. The smallest absolute Gasteiger partial charge is 0.245 e. The number of nitrogens with one attached hydrogen (secondary N) is 3. The fourth-order valence-electron chi connectivity index (χ4n) is 8.66. The van der Waals surface area contributed by atoms with E-state index in [4.69, 9.17) is 15.0 Å². The second-order valence-electron chi connectivity index (χ2n) is 19.0. The van der Waals surface area contributed by atoms with Gasteiger partial charge in [-0.25, -0.2) is 5.01 Å². The van der Waals surface area contributed by atoms with Crippen LogP contribution in [0.15, 0.2) is 0 Å². The van der Waals surface area contributed by atoms with E-state index < -0.39 is 0 Å². The second-order valence-corrected chi connectivity index (χ2v) is 19.0. The van der Waals surface area contributed by atoms with E-state index in [9.17, 15) is 0 Å². The molecule has 0 atom stereocenters. The van der Waals surface area contributed by atoms with Crippen LogP contribution >= 0.6 is 0 Å². The third-order valence-corrected chi connectivity index (χ3v) is 8.31. The summed E-state index contributed by atoms with van der Waals surface area (Å²) in [6.07, 6.45) is 5.05. The van der Waals surface area contributed by atoms with Crippen LogP contribution in [0.5, 0.6) is 0 Å². The van der Waals surface area contributed by atoms with E-state index in [1.807, 2.05) is 6.92 Å². The summed E-state index contributed by atoms with van der Waals surface area (Å²) in [7, 11) is 0. The van der Waals surface area contributed by atoms with E-state index >= 15 is 0 Å². The van der Waals surface area contributed by atoms with Crippen LogP contribution in [0.2, 0.25) is 0 Å². The summed E-state index contributed by atoms with van der Waals surface area (Å²) in [6.45, 7) is 39.1. The van der Waals surface area contributed by atoms with Crippen molar-refractivity contribution in [1.82, 2.24) is 30.6 Å². The molecule has 1 aromatic heterocycles. The fourth-order valence-corrected chi connectivity index (χ4v) is 8.66. The highest BCUT2D eigenvalue weighted by Gasteiger charge is 2.49. The molecule has 0 bridgehead atoms. The van der Waals surface area contributed by atoms with E-state index in [2.05, 4.69) is 137 Å². The summed E-state index contributed by atoms with van der Waals surface area (Å²) in [4.78, 5) is 15.1. The molecule has 0 unspecified atom stereocenters. The number of aromatic nitrogens is 3. The molecule has 242 valence electrons. The number of nitrogens with zero attached hydrogens (tertiary/aromatic N) is 5. The van der Waals surface area contributed by atoms with Gasteiger partial charge in [-0.3, -0.25) is 5.01 Å². The third-order valence-electron chi connectivity index (χ3n) is 8.31. The Morgan fingerprint density at radius 2 is 1.12 bits per heavy atom. The number of hydrazine groups is 1. The highest BCUT2D eigenvalue weighted by Crippen LogP contribution is 2.41. The molecule has 0 aliphatic carbocycles. The molecule has 2 saturated heterocycles. The summed E-state index contributed by atoms with van der Waals surface area (Å²) in [5, 5.41) is 16.7. The first-order valence-corrected chi connectivity index (χ1v) is 16.3. The van der Waals surface area contributed by atoms with Crippen LogP contribution < -0.4 is 21.0 Å². The lowest BCUT2D eigenvalue weighted by Gasteiger charge is -2.59. The van der Waals surface area contributed by atoms with Crippen molar-refractivity contribution < 1.29 is 0 Å². The Labute approximate surface area is 259 Å². The molecule has 2 aliphatic heterocycles. The Kier molecular flexibility index (Phi) is 9.27. The lowest BCUT2D eigenvalue weighted by atomic mass is 9.77. The van der Waals surface area contributed by atoms with Crippen molar-refractivity contribution in [1.29, 1.82) is 0 Å². The molecule has 0 spiro atoms. The second kappa shape index (κ2) is 11.1. The summed E-state index contributed by atoms with van der Waals surface area (Å²) >= 11 is 0. The molecule has 3 N–H and O–H groups in total. The topological polar surface area (TPSA) is 81.2 Å². The van der Waals surface area contributed by atoms with Gasteiger partial charge in [0.05, 0.1) is 6.04 Å². The molecular weight excluding hydrogens is 520 g/mol. The molecule has 8 nitrogen and oxygen atoms in total. The Bertz CT molecular complexity index is 1060. The Morgan fingerprint density at radius 3 is 1.52 bits per heavy atom. The highest BCUT2D eigenvalue weighted by molar-refractivity contribution is 5.40. The van der Waals surface area contributed by atoms with E-state index in [1.54, 1.807) is 0 Å². The molecule has 1 aromatic rings. The average Bonchev–Trinajstić information content (AvgIpc) is 2.62. The summed E-state index contributed by atoms with van der Waals surface area (Å²) in [5.41, 5.74) is -0.193. The number of anilines is 2. The van der Waals surface area contributed by atoms with Crippen LogP contribution in [0.1, 0.15) is 149 Å². The molecule has 0 radical (unpaired) electrons. The minimum atomic E-state index is -0.167. The number of hydrogen-bond acceptors (Lipinski definition) is 8. The minimum Gasteiger partial charge on any atom is -0.349 e. The van der Waals surface area contributed by atoms with E-state index in [0.717, 1.165) is 43.9 Å². The molecule has 0 saturated carbocycles. The average molecular weight is 587 g/mol. The van der Waals surface area contributed by atoms with Gasteiger partial charge < -0.3 is 16.0 Å². The minimum absolute atomic E-state index is 0.00691. The van der Waals surface area contributed by atoms with Crippen molar-refractivity contribution >= 4 is 11.9 Å². The lowest BCUT2D eigenvalue weighted by molar-refractivity contribution is -0.0169. The SMILES string of the molecule is Cc1nc(NC(C)(C)CC(C)(C)C)nc(N(C2CC(C)(C)NC(C)(C)C2)N(C2CC(C)(C)NC(C)(C)C2)C(C)(C)C)n1. The Morgan fingerprint density at radius 1 is 0.690 bits per heavy atom. The van der Waals surface area contributed by atoms with Gasteiger partial charge in [0.15, 0.2) is 0 Å². The van der Waals surface area contributed by atoms with Crippen LogP contribution in [-0.4, -0.2) is 65.3 Å². The molecule has 3 heterocycles. The molecule has 0 amide bonds. The maximum absolute atomic E-state index is 5.24. The van der Waals surface area contributed by atoms with Gasteiger partial charge in [0.1, 0.15) is 5.82 Å². The Balaban J connectivity index is 2.21. The van der Waals surface area contributed by atoms with Crippen molar-refractivity contribution in [3.63, 3.8) is 0 Å². The van der Waals surface area contributed by atoms with Gasteiger partial charge in [-0.2, -0.15) is 15.0 Å². The zero-order chi connectivity index (χ0) is 32.3. The van der Waals surface area contributed by atoms with E-state index in [-0.39, 0.29) is 44.7 Å². The summed E-state index contributed by atoms with van der Waals surface area (Å²) in [6, 6.07) is 0.525. The zero-order valence-electron chi connectivity index (χ0n) is 30.4. The molecule has 8 heteroatoms. The lowest BCUT2D eigenvalue weighted by Crippen LogP contribution is -2.71. The normalized spacial score (nSPS) is 23.2. The highest BCUT2D eigenvalue weighted by atomic mass is 15.7. The third kappa shape index (κ3) is 9.49. The first-order valence-electron chi connectivity index (χ1n) is 16.3. The molecule has 2 fully saturated rings. The van der Waals surface area contributed by atoms with Crippen LogP contribution in [0.3, 0.4) is 0 Å². The Hall–Kier alpha value is -1.51. The van der Waals surface area contributed by atoms with Crippen molar-refractivity contribution in [2.75, 3.05) is 10.3 Å². The monoisotopic (exact) mass is 587 g/mol. The van der Waals surface area contributed by atoms with Crippen LogP contribution in [0.4, 0.5) is 11.9 Å². The summed E-state index contributed by atoms with van der Waals surface area (Å²) < 4.78 is 0. The molecule has 3 rings (SSSR count). The van der Waals surface area contributed by atoms with Crippen LogP contribution in [0.25, 0.3) is 0 Å². The number of hydrogen-bond donors (Lipinski definition) is 3. The molecule has 42 heavy (non-hydrogen) atoms. The van der Waals surface area contributed by atoms with Gasteiger partial charge in [-0.15, -0.1) is 0 Å². The zero-order valence-corrected chi connectivity index (χ0v) is 30.4. The van der Waals surface area contributed by atoms with Crippen LogP contribution in [0, 0.1) is 12.3 Å². The van der Waals surface area contributed by atoms with E-state index in [0.29, 0.717) is 12.0 Å². The van der Waals surface area contributed by atoms with Gasteiger partial charge in [-0.1, -0.05) is 20.8 Å². The number of rotatable bonds is 7. The summed E-state index contributed by atoms with van der Waals surface area (Å²) in [5.74, 6) is 2.15. The van der Waals surface area contributed by atoms with Crippen molar-refractivity contribution in [2.45, 2.75) is 195 Å². The van der Waals surface area contributed by atoms with Gasteiger partial charge in [0.2, 0.25) is 11.9 Å². The predicted molar refractivity (Wildman–Crippen MR) is 179 cm³/mol. The largest absolute Gasteiger partial charge is 0.349 e. The van der Waals surface area contributed by atoms with Gasteiger partial charge >= 0.3 is 0 Å². The number of aryl methyl sites for hydroxylation is 1. The first-order chi connectivity index (χ1) is 18.6. The maximum atomic E-state index is 5.24. The number of piperidine rings is 2. The molecule has 2 aliphatic rings.